The predicted molar refractivity (Wildman–Crippen MR) is 93.3 cm³/mol. The quantitative estimate of drug-likeness (QED) is 0.741. The molecule has 0 aliphatic rings. The number of ketones is 1. The molecule has 2 aromatic carbocycles. The van der Waals surface area contributed by atoms with Gasteiger partial charge in [-0.05, 0) is 18.6 Å². The standard InChI is InChI=1S/C16H15Cl2NO4S/c1-2-13(15(20)10-6-4-3-5-7-10)19-24(22,23)14-9-11(17)8-12(18)16(14)21/h3-9,13,19,21H,2H2,1H3. The number of hydrogen-bond acceptors (Lipinski definition) is 4. The van der Waals surface area contributed by atoms with Crippen molar-refractivity contribution in [3.63, 3.8) is 0 Å². The molecule has 0 aliphatic heterocycles. The maximum atomic E-state index is 12.5. The first-order valence-corrected chi connectivity index (χ1v) is 9.29. The summed E-state index contributed by atoms with van der Waals surface area (Å²) in [6.07, 6.45) is 0.238. The van der Waals surface area contributed by atoms with Crippen molar-refractivity contribution in [2.24, 2.45) is 0 Å². The fourth-order valence-corrected chi connectivity index (χ4v) is 4.16. The van der Waals surface area contributed by atoms with Gasteiger partial charge in [-0.25, -0.2) is 13.1 Å². The Kier molecular flexibility index (Phi) is 5.87. The number of Topliss-reactive ketones (excluding diaryl/α,β-unsaturated/α-hetero) is 1. The first-order valence-electron chi connectivity index (χ1n) is 7.06. The van der Waals surface area contributed by atoms with Gasteiger partial charge >= 0.3 is 0 Å². The van der Waals surface area contributed by atoms with E-state index in [1.54, 1.807) is 37.3 Å². The van der Waals surface area contributed by atoms with E-state index < -0.39 is 26.7 Å². The number of nitrogens with one attached hydrogen (secondary N) is 1. The molecule has 0 aliphatic carbocycles. The van der Waals surface area contributed by atoms with Crippen molar-refractivity contribution in [1.29, 1.82) is 0 Å². The smallest absolute Gasteiger partial charge is 0.245 e. The average molecular weight is 388 g/mol. The molecule has 1 unspecified atom stereocenters. The lowest BCUT2D eigenvalue weighted by molar-refractivity contribution is 0.0951. The fourth-order valence-electron chi connectivity index (χ4n) is 2.12. The Morgan fingerprint density at radius 2 is 1.83 bits per heavy atom. The number of hydrogen-bond donors (Lipinski definition) is 2. The van der Waals surface area contributed by atoms with E-state index in [1.807, 2.05) is 0 Å². The zero-order chi connectivity index (χ0) is 17.9. The third-order valence-corrected chi connectivity index (χ3v) is 5.35. The van der Waals surface area contributed by atoms with Crippen molar-refractivity contribution in [2.45, 2.75) is 24.3 Å². The van der Waals surface area contributed by atoms with Crippen LogP contribution in [0.15, 0.2) is 47.4 Å². The number of phenolic OH excluding ortho intramolecular Hbond substituents is 1. The summed E-state index contributed by atoms with van der Waals surface area (Å²) >= 11 is 11.6. The summed E-state index contributed by atoms with van der Waals surface area (Å²) in [6, 6.07) is 9.67. The summed E-state index contributed by atoms with van der Waals surface area (Å²) in [7, 11) is -4.19. The number of aromatic hydroxyl groups is 1. The molecular weight excluding hydrogens is 373 g/mol. The van der Waals surface area contributed by atoms with Gasteiger partial charge in [0.25, 0.3) is 0 Å². The minimum atomic E-state index is -4.19. The van der Waals surface area contributed by atoms with E-state index in [9.17, 15) is 18.3 Å². The topological polar surface area (TPSA) is 83.5 Å². The third kappa shape index (κ3) is 4.08. The Bertz CT molecular complexity index is 854. The van der Waals surface area contributed by atoms with Crippen LogP contribution in [0.4, 0.5) is 0 Å². The van der Waals surface area contributed by atoms with Crippen LogP contribution in [0.5, 0.6) is 5.75 Å². The molecule has 128 valence electrons. The van der Waals surface area contributed by atoms with Gasteiger partial charge in [0.05, 0.1) is 11.1 Å². The Hall–Kier alpha value is -1.60. The highest BCUT2D eigenvalue weighted by Crippen LogP contribution is 2.34. The predicted octanol–water partition coefficient (Wildman–Crippen LogP) is 3.64. The molecule has 2 N–H and O–H groups in total. The molecule has 0 aromatic heterocycles. The molecule has 0 fully saturated rings. The second kappa shape index (κ2) is 7.53. The third-order valence-electron chi connectivity index (χ3n) is 3.36. The van der Waals surface area contributed by atoms with Crippen LogP contribution in [0.2, 0.25) is 10.0 Å². The molecule has 0 bridgehead atoms. The molecule has 0 saturated heterocycles. The number of carbonyl (C=O) groups is 1. The van der Waals surface area contributed by atoms with Crippen LogP contribution in [0.25, 0.3) is 0 Å². The monoisotopic (exact) mass is 387 g/mol. The number of halogens is 2. The molecule has 24 heavy (non-hydrogen) atoms. The van der Waals surface area contributed by atoms with E-state index in [1.165, 1.54) is 6.07 Å². The Labute approximate surface area is 150 Å². The lowest BCUT2D eigenvalue weighted by atomic mass is 10.0. The summed E-state index contributed by atoms with van der Waals surface area (Å²) < 4.78 is 27.3. The van der Waals surface area contributed by atoms with Crippen LogP contribution < -0.4 is 4.72 Å². The zero-order valence-corrected chi connectivity index (χ0v) is 15.0. The second-order valence-electron chi connectivity index (χ2n) is 5.05. The number of benzene rings is 2. The molecule has 0 heterocycles. The number of carbonyl (C=O) groups excluding carboxylic acids is 1. The van der Waals surface area contributed by atoms with Crippen LogP contribution in [0, 0.1) is 0 Å². The van der Waals surface area contributed by atoms with Crippen molar-refractivity contribution < 1.29 is 18.3 Å². The lowest BCUT2D eigenvalue weighted by Gasteiger charge is -2.17. The molecule has 2 aromatic rings. The number of sulfonamides is 1. The Morgan fingerprint density at radius 3 is 2.42 bits per heavy atom. The zero-order valence-electron chi connectivity index (χ0n) is 12.7. The van der Waals surface area contributed by atoms with Gasteiger partial charge in [-0.2, -0.15) is 0 Å². The van der Waals surface area contributed by atoms with Crippen molar-refractivity contribution in [2.75, 3.05) is 0 Å². The van der Waals surface area contributed by atoms with E-state index in [0.717, 1.165) is 6.07 Å². The van der Waals surface area contributed by atoms with Gasteiger partial charge < -0.3 is 5.11 Å². The van der Waals surface area contributed by atoms with Crippen molar-refractivity contribution in [3.05, 3.63) is 58.1 Å². The van der Waals surface area contributed by atoms with E-state index in [-0.39, 0.29) is 22.2 Å². The summed E-state index contributed by atoms with van der Waals surface area (Å²) in [5.74, 6) is -0.982. The normalized spacial score (nSPS) is 12.8. The van der Waals surface area contributed by atoms with Crippen LogP contribution in [-0.4, -0.2) is 25.3 Å². The molecule has 0 radical (unpaired) electrons. The van der Waals surface area contributed by atoms with E-state index in [4.69, 9.17) is 23.2 Å². The first-order chi connectivity index (χ1) is 11.3. The molecule has 0 saturated carbocycles. The summed E-state index contributed by atoms with van der Waals surface area (Å²) in [4.78, 5) is 12.0. The van der Waals surface area contributed by atoms with Crippen LogP contribution in [-0.2, 0) is 10.0 Å². The van der Waals surface area contributed by atoms with E-state index in [0.29, 0.717) is 5.56 Å². The average Bonchev–Trinajstić information content (AvgIpc) is 2.56. The minimum absolute atomic E-state index is 0.0561. The van der Waals surface area contributed by atoms with Crippen molar-refractivity contribution >= 4 is 39.0 Å². The highest BCUT2D eigenvalue weighted by molar-refractivity contribution is 7.89. The van der Waals surface area contributed by atoms with E-state index in [2.05, 4.69) is 4.72 Å². The number of phenols is 1. The summed E-state index contributed by atoms with van der Waals surface area (Å²) in [5, 5.41) is 9.77. The van der Waals surface area contributed by atoms with Gasteiger partial charge in [0.15, 0.2) is 11.5 Å². The largest absolute Gasteiger partial charge is 0.505 e. The maximum absolute atomic E-state index is 12.5. The van der Waals surface area contributed by atoms with Crippen LogP contribution in [0.3, 0.4) is 0 Å². The van der Waals surface area contributed by atoms with Crippen molar-refractivity contribution in [3.8, 4) is 5.75 Å². The molecule has 0 spiro atoms. The lowest BCUT2D eigenvalue weighted by Crippen LogP contribution is -2.40. The molecule has 1 atom stereocenters. The highest BCUT2D eigenvalue weighted by atomic mass is 35.5. The first kappa shape index (κ1) is 18.7. The van der Waals surface area contributed by atoms with Gasteiger partial charge in [0.1, 0.15) is 4.90 Å². The Balaban J connectivity index is 2.35. The number of rotatable bonds is 6. The van der Waals surface area contributed by atoms with Gasteiger partial charge in [-0.1, -0.05) is 60.5 Å². The fraction of sp³-hybridized carbons (Fsp3) is 0.188. The molecule has 0 amide bonds. The van der Waals surface area contributed by atoms with Gasteiger partial charge in [-0.3, -0.25) is 4.79 Å². The van der Waals surface area contributed by atoms with Gasteiger partial charge in [0.2, 0.25) is 10.0 Å². The minimum Gasteiger partial charge on any atom is -0.505 e. The second-order valence-corrected chi connectivity index (χ2v) is 7.57. The summed E-state index contributed by atoms with van der Waals surface area (Å²) in [6.45, 7) is 1.68. The maximum Gasteiger partial charge on any atom is 0.245 e. The van der Waals surface area contributed by atoms with Crippen molar-refractivity contribution in [1.82, 2.24) is 4.72 Å². The van der Waals surface area contributed by atoms with Gasteiger partial charge in [0, 0.05) is 10.6 Å². The molecule has 5 nitrogen and oxygen atoms in total. The van der Waals surface area contributed by atoms with Crippen LogP contribution in [0.1, 0.15) is 23.7 Å². The van der Waals surface area contributed by atoms with Crippen LogP contribution >= 0.6 is 23.2 Å². The molecule has 8 heteroatoms. The van der Waals surface area contributed by atoms with E-state index >= 15 is 0 Å². The molecular formula is C16H15Cl2NO4S. The summed E-state index contributed by atoms with van der Waals surface area (Å²) in [5.41, 5.74) is 0.389. The Morgan fingerprint density at radius 1 is 1.21 bits per heavy atom. The van der Waals surface area contributed by atoms with Gasteiger partial charge in [-0.15, -0.1) is 0 Å². The SMILES string of the molecule is CCC(NS(=O)(=O)c1cc(Cl)cc(Cl)c1O)C(=O)c1ccccc1. The highest BCUT2D eigenvalue weighted by Gasteiger charge is 2.28. The molecule has 2 rings (SSSR count).